The molecule has 0 radical (unpaired) electrons. The van der Waals surface area contributed by atoms with Crippen molar-refractivity contribution in [2.45, 2.75) is 13.0 Å². The minimum atomic E-state index is 0.395. The van der Waals surface area contributed by atoms with Crippen LogP contribution in [0.5, 0.6) is 5.75 Å². The fourth-order valence-corrected chi connectivity index (χ4v) is 1.98. The van der Waals surface area contributed by atoms with Gasteiger partial charge < -0.3 is 20.1 Å². The van der Waals surface area contributed by atoms with Crippen LogP contribution < -0.4 is 15.4 Å². The topological polar surface area (TPSA) is 42.5 Å². The second-order valence-corrected chi connectivity index (χ2v) is 4.29. The van der Waals surface area contributed by atoms with E-state index in [9.17, 15) is 0 Å². The summed E-state index contributed by atoms with van der Waals surface area (Å²) < 4.78 is 10.6. The number of methoxy groups -OCH3 is 1. The summed E-state index contributed by atoms with van der Waals surface area (Å²) in [5.41, 5.74) is 2.26. The minimum Gasteiger partial charge on any atom is -0.496 e. The molecule has 4 heteroatoms. The van der Waals surface area contributed by atoms with E-state index in [1.807, 2.05) is 19.1 Å². The molecule has 1 aromatic carbocycles. The Hall–Kier alpha value is -1.26. The molecule has 0 bridgehead atoms. The molecule has 1 fully saturated rings. The molecule has 0 amide bonds. The average Bonchev–Trinajstić information content (AvgIpc) is 2.38. The summed E-state index contributed by atoms with van der Waals surface area (Å²) in [5, 5.41) is 6.82. The van der Waals surface area contributed by atoms with Gasteiger partial charge in [0.05, 0.1) is 20.3 Å². The first kappa shape index (κ1) is 12.2. The van der Waals surface area contributed by atoms with Crippen LogP contribution in [0.4, 0.5) is 5.69 Å². The molecule has 1 heterocycles. The Kier molecular flexibility index (Phi) is 4.23. The van der Waals surface area contributed by atoms with Gasteiger partial charge in [-0.25, -0.2) is 0 Å². The predicted octanol–water partition coefficient (Wildman–Crippen LogP) is 1.40. The first-order chi connectivity index (χ1) is 8.29. The zero-order chi connectivity index (χ0) is 12.1. The number of nitrogens with one attached hydrogen (secondary N) is 2. The van der Waals surface area contributed by atoms with E-state index in [0.29, 0.717) is 6.04 Å². The van der Waals surface area contributed by atoms with E-state index in [1.54, 1.807) is 7.11 Å². The first-order valence-electron chi connectivity index (χ1n) is 5.99. The summed E-state index contributed by atoms with van der Waals surface area (Å²) in [7, 11) is 1.69. The third-order valence-electron chi connectivity index (χ3n) is 2.95. The van der Waals surface area contributed by atoms with Crippen molar-refractivity contribution >= 4 is 5.69 Å². The summed E-state index contributed by atoms with van der Waals surface area (Å²) >= 11 is 0. The number of hydrogen-bond acceptors (Lipinski definition) is 4. The molecule has 17 heavy (non-hydrogen) atoms. The smallest absolute Gasteiger partial charge is 0.121 e. The van der Waals surface area contributed by atoms with Crippen LogP contribution >= 0.6 is 0 Å². The molecule has 0 spiro atoms. The molecule has 1 saturated heterocycles. The maximum atomic E-state index is 5.41. The molecule has 2 rings (SSSR count). The Bertz CT molecular complexity index is 362. The molecule has 2 N–H and O–H groups in total. The number of ether oxygens (including phenoxy) is 2. The first-order valence-corrected chi connectivity index (χ1v) is 5.99. The van der Waals surface area contributed by atoms with E-state index in [4.69, 9.17) is 9.47 Å². The lowest BCUT2D eigenvalue weighted by Gasteiger charge is -2.24. The van der Waals surface area contributed by atoms with Gasteiger partial charge in [0.25, 0.3) is 0 Å². The summed E-state index contributed by atoms with van der Waals surface area (Å²) in [5.74, 6) is 0.926. The van der Waals surface area contributed by atoms with Crippen LogP contribution in [-0.2, 0) is 4.74 Å². The Morgan fingerprint density at radius 2 is 2.41 bits per heavy atom. The van der Waals surface area contributed by atoms with E-state index in [1.165, 1.54) is 0 Å². The van der Waals surface area contributed by atoms with Crippen molar-refractivity contribution in [3.63, 3.8) is 0 Å². The number of anilines is 1. The summed E-state index contributed by atoms with van der Waals surface area (Å²) in [6, 6.07) is 6.52. The maximum absolute atomic E-state index is 5.41. The number of aryl methyl sites for hydroxylation is 1. The van der Waals surface area contributed by atoms with E-state index in [-0.39, 0.29) is 0 Å². The van der Waals surface area contributed by atoms with Crippen LogP contribution in [0.2, 0.25) is 0 Å². The monoisotopic (exact) mass is 236 g/mol. The highest BCUT2D eigenvalue weighted by Gasteiger charge is 2.12. The van der Waals surface area contributed by atoms with Gasteiger partial charge in [-0.2, -0.15) is 0 Å². The zero-order valence-corrected chi connectivity index (χ0v) is 10.5. The van der Waals surface area contributed by atoms with Gasteiger partial charge in [0.1, 0.15) is 5.75 Å². The molecule has 1 aliphatic heterocycles. The third kappa shape index (κ3) is 3.35. The van der Waals surface area contributed by atoms with Crippen molar-refractivity contribution in [3.8, 4) is 5.75 Å². The summed E-state index contributed by atoms with van der Waals surface area (Å²) in [6.45, 7) is 5.46. The van der Waals surface area contributed by atoms with Crippen molar-refractivity contribution in [1.29, 1.82) is 0 Å². The van der Waals surface area contributed by atoms with Gasteiger partial charge in [-0.05, 0) is 30.7 Å². The van der Waals surface area contributed by atoms with Crippen LogP contribution in [0.25, 0.3) is 0 Å². The second-order valence-electron chi connectivity index (χ2n) is 4.29. The van der Waals surface area contributed by atoms with E-state index >= 15 is 0 Å². The SMILES string of the molecule is COc1ccc(NCC2COCCN2)cc1C. The molecular weight excluding hydrogens is 216 g/mol. The molecule has 1 unspecified atom stereocenters. The molecule has 4 nitrogen and oxygen atoms in total. The second kappa shape index (κ2) is 5.89. The van der Waals surface area contributed by atoms with Crippen LogP contribution in [0.1, 0.15) is 5.56 Å². The molecule has 0 aromatic heterocycles. The van der Waals surface area contributed by atoms with E-state index in [2.05, 4.69) is 16.7 Å². The number of benzene rings is 1. The van der Waals surface area contributed by atoms with Crippen molar-refractivity contribution in [3.05, 3.63) is 23.8 Å². The molecular formula is C13H20N2O2. The largest absolute Gasteiger partial charge is 0.496 e. The highest BCUT2D eigenvalue weighted by Crippen LogP contribution is 2.21. The maximum Gasteiger partial charge on any atom is 0.121 e. The highest BCUT2D eigenvalue weighted by molar-refractivity contribution is 5.50. The molecule has 1 aromatic rings. The number of morpholine rings is 1. The quantitative estimate of drug-likeness (QED) is 0.829. The van der Waals surface area contributed by atoms with Crippen molar-refractivity contribution in [1.82, 2.24) is 5.32 Å². The standard InChI is InChI=1S/C13H20N2O2/c1-10-7-11(3-4-13(10)16-2)15-8-12-9-17-6-5-14-12/h3-4,7,12,14-15H,5-6,8-9H2,1-2H3. The van der Waals surface area contributed by atoms with Gasteiger partial charge in [0, 0.05) is 24.8 Å². The lowest BCUT2D eigenvalue weighted by atomic mass is 10.2. The van der Waals surface area contributed by atoms with Crippen LogP contribution in [0.15, 0.2) is 18.2 Å². The zero-order valence-electron chi connectivity index (χ0n) is 10.5. The molecule has 1 atom stereocenters. The van der Waals surface area contributed by atoms with E-state index in [0.717, 1.165) is 43.3 Å². The number of hydrogen-bond donors (Lipinski definition) is 2. The van der Waals surface area contributed by atoms with Crippen molar-refractivity contribution < 1.29 is 9.47 Å². The molecule has 94 valence electrons. The Morgan fingerprint density at radius 3 is 3.06 bits per heavy atom. The minimum absolute atomic E-state index is 0.395. The lowest BCUT2D eigenvalue weighted by Crippen LogP contribution is -2.45. The Morgan fingerprint density at radius 1 is 1.53 bits per heavy atom. The normalized spacial score (nSPS) is 20.0. The third-order valence-corrected chi connectivity index (χ3v) is 2.95. The number of rotatable bonds is 4. The van der Waals surface area contributed by atoms with Gasteiger partial charge in [-0.3, -0.25) is 0 Å². The molecule has 0 saturated carbocycles. The predicted molar refractivity (Wildman–Crippen MR) is 68.8 cm³/mol. The fourth-order valence-electron chi connectivity index (χ4n) is 1.98. The van der Waals surface area contributed by atoms with Crippen LogP contribution in [0.3, 0.4) is 0 Å². The van der Waals surface area contributed by atoms with Gasteiger partial charge in [0.15, 0.2) is 0 Å². The van der Waals surface area contributed by atoms with Crippen LogP contribution in [0, 0.1) is 6.92 Å². The lowest BCUT2D eigenvalue weighted by molar-refractivity contribution is 0.0806. The Balaban J connectivity index is 1.87. The van der Waals surface area contributed by atoms with Crippen molar-refractivity contribution in [2.24, 2.45) is 0 Å². The summed E-state index contributed by atoms with van der Waals surface area (Å²) in [4.78, 5) is 0. The van der Waals surface area contributed by atoms with Gasteiger partial charge >= 0.3 is 0 Å². The van der Waals surface area contributed by atoms with Gasteiger partial charge in [-0.1, -0.05) is 0 Å². The van der Waals surface area contributed by atoms with Gasteiger partial charge in [-0.15, -0.1) is 0 Å². The highest BCUT2D eigenvalue weighted by atomic mass is 16.5. The van der Waals surface area contributed by atoms with E-state index < -0.39 is 0 Å². The van der Waals surface area contributed by atoms with Gasteiger partial charge in [0.2, 0.25) is 0 Å². The van der Waals surface area contributed by atoms with Crippen LogP contribution in [-0.4, -0.2) is 39.5 Å². The molecule has 1 aliphatic rings. The fraction of sp³-hybridized carbons (Fsp3) is 0.538. The Labute approximate surface area is 102 Å². The summed E-state index contributed by atoms with van der Waals surface area (Å²) in [6.07, 6.45) is 0. The van der Waals surface area contributed by atoms with Crippen molar-refractivity contribution in [2.75, 3.05) is 38.7 Å². The molecule has 0 aliphatic carbocycles. The average molecular weight is 236 g/mol.